The molecule has 2 N–H and O–H groups in total. The van der Waals surface area contributed by atoms with Crippen molar-refractivity contribution in [3.63, 3.8) is 0 Å². The molecule has 1 aliphatic rings. The topological polar surface area (TPSA) is 71.1 Å². The molecular formula is C13H15N3O2S2. The van der Waals surface area contributed by atoms with Gasteiger partial charge in [0, 0.05) is 36.8 Å². The summed E-state index contributed by atoms with van der Waals surface area (Å²) in [6.45, 7) is 1.23. The van der Waals surface area contributed by atoms with Crippen molar-refractivity contribution < 1.29 is 8.42 Å². The van der Waals surface area contributed by atoms with Crippen molar-refractivity contribution in [1.82, 2.24) is 9.71 Å². The first-order valence-corrected chi connectivity index (χ1v) is 8.76. The van der Waals surface area contributed by atoms with Gasteiger partial charge >= 0.3 is 0 Å². The number of nitrogens with zero attached hydrogens (tertiary/aromatic N) is 1. The smallest absolute Gasteiger partial charge is 0.240 e. The molecular weight excluding hydrogens is 294 g/mol. The SMILES string of the molecule is O=S(=O)(NCCc1nccs1)c1ccc2c(c1)NCC2. The van der Waals surface area contributed by atoms with Gasteiger partial charge in [0.1, 0.15) is 0 Å². The molecule has 0 bridgehead atoms. The minimum Gasteiger partial charge on any atom is -0.384 e. The van der Waals surface area contributed by atoms with Gasteiger partial charge in [-0.15, -0.1) is 11.3 Å². The normalized spacial score (nSPS) is 14.0. The second kappa shape index (κ2) is 5.51. The van der Waals surface area contributed by atoms with Crippen LogP contribution in [0.2, 0.25) is 0 Å². The molecule has 20 heavy (non-hydrogen) atoms. The van der Waals surface area contributed by atoms with E-state index in [-0.39, 0.29) is 0 Å². The monoisotopic (exact) mass is 309 g/mol. The fourth-order valence-electron chi connectivity index (χ4n) is 2.19. The van der Waals surface area contributed by atoms with Gasteiger partial charge in [0.2, 0.25) is 10.0 Å². The highest BCUT2D eigenvalue weighted by Crippen LogP contribution is 2.25. The summed E-state index contributed by atoms with van der Waals surface area (Å²) in [4.78, 5) is 4.44. The molecule has 1 aliphatic heterocycles. The number of rotatable bonds is 5. The lowest BCUT2D eigenvalue weighted by molar-refractivity contribution is 0.581. The number of fused-ring (bicyclic) bond motifs is 1. The molecule has 0 radical (unpaired) electrons. The number of hydrogen-bond acceptors (Lipinski definition) is 5. The van der Waals surface area contributed by atoms with Crippen LogP contribution < -0.4 is 10.0 Å². The van der Waals surface area contributed by atoms with Gasteiger partial charge in [-0.3, -0.25) is 0 Å². The van der Waals surface area contributed by atoms with Gasteiger partial charge in [0.25, 0.3) is 0 Å². The molecule has 0 spiro atoms. The van der Waals surface area contributed by atoms with E-state index in [1.54, 1.807) is 18.3 Å². The lowest BCUT2D eigenvalue weighted by Crippen LogP contribution is -2.26. The summed E-state index contributed by atoms with van der Waals surface area (Å²) in [5.41, 5.74) is 2.10. The molecule has 0 fully saturated rings. The average Bonchev–Trinajstić information content (AvgIpc) is 3.08. The van der Waals surface area contributed by atoms with Crippen molar-refractivity contribution in [2.24, 2.45) is 0 Å². The number of nitrogens with one attached hydrogen (secondary N) is 2. The molecule has 5 nitrogen and oxygen atoms in total. The number of benzene rings is 1. The molecule has 0 atom stereocenters. The van der Waals surface area contributed by atoms with Gasteiger partial charge in [0.15, 0.2) is 0 Å². The highest BCUT2D eigenvalue weighted by Gasteiger charge is 2.17. The molecule has 1 aromatic heterocycles. The third-order valence-electron chi connectivity index (χ3n) is 3.22. The molecule has 3 rings (SSSR count). The summed E-state index contributed by atoms with van der Waals surface area (Å²) in [5, 5.41) is 6.01. The predicted molar refractivity (Wildman–Crippen MR) is 79.6 cm³/mol. The lowest BCUT2D eigenvalue weighted by atomic mass is 10.2. The van der Waals surface area contributed by atoms with Crippen LogP contribution >= 0.6 is 11.3 Å². The van der Waals surface area contributed by atoms with Crippen LogP contribution in [0.5, 0.6) is 0 Å². The minimum absolute atomic E-state index is 0.310. The van der Waals surface area contributed by atoms with E-state index in [1.165, 1.54) is 16.9 Å². The maximum Gasteiger partial charge on any atom is 0.240 e. The van der Waals surface area contributed by atoms with Crippen molar-refractivity contribution in [3.05, 3.63) is 40.3 Å². The molecule has 106 valence electrons. The van der Waals surface area contributed by atoms with E-state index in [9.17, 15) is 8.42 Å². The van der Waals surface area contributed by atoms with Gasteiger partial charge < -0.3 is 5.32 Å². The number of thiazole rings is 1. The highest BCUT2D eigenvalue weighted by atomic mass is 32.2. The van der Waals surface area contributed by atoms with Crippen LogP contribution in [0.15, 0.2) is 34.7 Å². The fourth-order valence-corrected chi connectivity index (χ4v) is 3.87. The van der Waals surface area contributed by atoms with Crippen LogP contribution in [0.4, 0.5) is 5.69 Å². The number of hydrogen-bond donors (Lipinski definition) is 2. The third-order valence-corrected chi connectivity index (χ3v) is 5.51. The molecule has 7 heteroatoms. The molecule has 0 aliphatic carbocycles. The number of aromatic nitrogens is 1. The number of anilines is 1. The zero-order valence-electron chi connectivity index (χ0n) is 10.8. The second-order valence-electron chi connectivity index (χ2n) is 4.57. The Morgan fingerprint density at radius 2 is 2.30 bits per heavy atom. The van der Waals surface area contributed by atoms with Crippen molar-refractivity contribution in [3.8, 4) is 0 Å². The minimum atomic E-state index is -3.45. The molecule has 0 unspecified atom stereocenters. The lowest BCUT2D eigenvalue weighted by Gasteiger charge is -2.08. The standard InChI is InChI=1S/C13H15N3O2S2/c17-20(18,16-6-4-13-15-7-8-19-13)11-2-1-10-3-5-14-12(10)9-11/h1-2,7-9,14,16H,3-6H2. The predicted octanol–water partition coefficient (Wildman–Crippen LogP) is 1.63. The zero-order chi connectivity index (χ0) is 14.0. The van der Waals surface area contributed by atoms with Crippen LogP contribution in [0.3, 0.4) is 0 Å². The molecule has 2 aromatic rings. The van der Waals surface area contributed by atoms with Crippen LogP contribution in [-0.2, 0) is 22.9 Å². The van der Waals surface area contributed by atoms with Crippen LogP contribution in [0.1, 0.15) is 10.6 Å². The largest absolute Gasteiger partial charge is 0.384 e. The summed E-state index contributed by atoms with van der Waals surface area (Å²) in [5.74, 6) is 0. The highest BCUT2D eigenvalue weighted by molar-refractivity contribution is 7.89. The maximum atomic E-state index is 12.2. The Bertz CT molecular complexity index is 696. The van der Waals surface area contributed by atoms with Gasteiger partial charge in [-0.1, -0.05) is 6.07 Å². The first kappa shape index (κ1) is 13.5. The molecule has 0 amide bonds. The van der Waals surface area contributed by atoms with E-state index in [2.05, 4.69) is 15.0 Å². The second-order valence-corrected chi connectivity index (χ2v) is 7.32. The molecule has 0 saturated carbocycles. The van der Waals surface area contributed by atoms with Gasteiger partial charge in [0.05, 0.1) is 9.90 Å². The van der Waals surface area contributed by atoms with E-state index in [1.807, 2.05) is 11.4 Å². The van der Waals surface area contributed by atoms with Crippen LogP contribution in [-0.4, -0.2) is 26.5 Å². The van der Waals surface area contributed by atoms with Gasteiger partial charge in [-0.2, -0.15) is 0 Å². The molecule has 1 aromatic carbocycles. The Morgan fingerprint density at radius 1 is 1.40 bits per heavy atom. The van der Waals surface area contributed by atoms with Gasteiger partial charge in [-0.05, 0) is 24.1 Å². The first-order valence-electron chi connectivity index (χ1n) is 6.40. The number of sulfonamides is 1. The average molecular weight is 309 g/mol. The Hall–Kier alpha value is -1.44. The Balaban J connectivity index is 1.68. The van der Waals surface area contributed by atoms with Gasteiger partial charge in [-0.25, -0.2) is 18.1 Å². The Morgan fingerprint density at radius 3 is 3.10 bits per heavy atom. The summed E-state index contributed by atoms with van der Waals surface area (Å²) >= 11 is 1.53. The Labute approximate surface area is 122 Å². The Kier molecular flexibility index (Phi) is 3.73. The van der Waals surface area contributed by atoms with Crippen molar-refractivity contribution in [2.75, 3.05) is 18.4 Å². The summed E-state index contributed by atoms with van der Waals surface area (Å²) in [6, 6.07) is 5.25. The van der Waals surface area contributed by atoms with Crippen molar-refractivity contribution >= 4 is 27.0 Å². The van der Waals surface area contributed by atoms with Crippen LogP contribution in [0, 0.1) is 0 Å². The molecule has 2 heterocycles. The van der Waals surface area contributed by atoms with E-state index < -0.39 is 10.0 Å². The van der Waals surface area contributed by atoms with Crippen molar-refractivity contribution in [2.45, 2.75) is 17.7 Å². The van der Waals surface area contributed by atoms with Crippen LogP contribution in [0.25, 0.3) is 0 Å². The summed E-state index contributed by atoms with van der Waals surface area (Å²) < 4.78 is 27.0. The fraction of sp³-hybridized carbons (Fsp3) is 0.308. The molecule has 0 saturated heterocycles. The quantitative estimate of drug-likeness (QED) is 0.881. The van der Waals surface area contributed by atoms with E-state index in [4.69, 9.17) is 0 Å². The zero-order valence-corrected chi connectivity index (χ0v) is 12.4. The van der Waals surface area contributed by atoms with E-state index in [0.29, 0.717) is 17.9 Å². The van der Waals surface area contributed by atoms with E-state index in [0.717, 1.165) is 23.7 Å². The summed E-state index contributed by atoms with van der Waals surface area (Å²) in [6.07, 6.45) is 3.29. The first-order chi connectivity index (χ1) is 9.65. The van der Waals surface area contributed by atoms with E-state index >= 15 is 0 Å². The summed E-state index contributed by atoms with van der Waals surface area (Å²) in [7, 11) is -3.45. The maximum absolute atomic E-state index is 12.2. The third kappa shape index (κ3) is 2.84. The van der Waals surface area contributed by atoms with Crippen molar-refractivity contribution in [1.29, 1.82) is 0 Å².